The highest BCUT2D eigenvalue weighted by molar-refractivity contribution is 5.41. The largest absolute Gasteiger partial charge is 0.428 e. The van der Waals surface area contributed by atoms with Crippen LogP contribution in [0.3, 0.4) is 0 Å². The molecule has 0 atom stereocenters. The molecule has 0 aliphatic heterocycles. The first kappa shape index (κ1) is 9.84. The maximum Gasteiger partial charge on any atom is 0.337 e. The quantitative estimate of drug-likeness (QED) is 0.724. The Bertz CT molecular complexity index is 317. The minimum absolute atomic E-state index is 0.293. The topological polar surface area (TPSA) is 42.2 Å². The van der Waals surface area contributed by atoms with Crippen LogP contribution < -0.4 is 10.9 Å². The van der Waals surface area contributed by atoms with Crippen LogP contribution in [0.25, 0.3) is 0 Å². The number of hydrogen-bond acceptors (Lipinski definition) is 3. The maximum absolute atomic E-state index is 10.9. The van der Waals surface area contributed by atoms with E-state index in [1.54, 1.807) is 6.92 Å². The van der Waals surface area contributed by atoms with Crippen LogP contribution in [-0.4, -0.2) is 6.54 Å². The molecule has 1 aromatic rings. The lowest BCUT2D eigenvalue weighted by Crippen LogP contribution is -2.05. The van der Waals surface area contributed by atoms with E-state index in [9.17, 15) is 4.79 Å². The van der Waals surface area contributed by atoms with Crippen molar-refractivity contribution in [2.45, 2.75) is 26.7 Å². The second kappa shape index (κ2) is 4.70. The minimum atomic E-state index is -0.293. The molecule has 0 saturated heterocycles. The van der Waals surface area contributed by atoms with Gasteiger partial charge in [0, 0.05) is 18.3 Å². The van der Waals surface area contributed by atoms with Crippen molar-refractivity contribution in [3.8, 4) is 0 Å². The third-order valence-corrected chi connectivity index (χ3v) is 1.75. The summed E-state index contributed by atoms with van der Waals surface area (Å²) in [4.78, 5) is 10.9. The van der Waals surface area contributed by atoms with Crippen LogP contribution in [0.4, 0.5) is 5.69 Å². The van der Waals surface area contributed by atoms with Crippen LogP contribution in [0.5, 0.6) is 0 Å². The number of nitrogens with one attached hydrogen (secondary N) is 1. The van der Waals surface area contributed by atoms with E-state index in [1.165, 1.54) is 6.07 Å². The predicted octanol–water partition coefficient (Wildman–Crippen LogP) is 2.16. The fraction of sp³-hybridized carbons (Fsp3) is 0.500. The average Bonchev–Trinajstić information content (AvgIpc) is 2.03. The van der Waals surface area contributed by atoms with E-state index < -0.39 is 0 Å². The third kappa shape index (κ3) is 3.32. The molecule has 0 spiro atoms. The van der Waals surface area contributed by atoms with Gasteiger partial charge in [-0.3, -0.25) is 0 Å². The van der Waals surface area contributed by atoms with Gasteiger partial charge in [-0.2, -0.15) is 0 Å². The fourth-order valence-electron chi connectivity index (χ4n) is 1.12. The summed E-state index contributed by atoms with van der Waals surface area (Å²) in [6.07, 6.45) is 2.26. The zero-order chi connectivity index (χ0) is 9.68. The molecule has 0 aliphatic rings. The summed E-state index contributed by atoms with van der Waals surface area (Å²) in [5, 5.41) is 3.17. The first-order valence-corrected chi connectivity index (χ1v) is 4.58. The van der Waals surface area contributed by atoms with E-state index in [4.69, 9.17) is 4.42 Å². The van der Waals surface area contributed by atoms with Crippen LogP contribution >= 0.6 is 0 Å². The number of anilines is 1. The van der Waals surface area contributed by atoms with Gasteiger partial charge in [0.15, 0.2) is 0 Å². The zero-order valence-electron chi connectivity index (χ0n) is 8.09. The molecule has 0 unspecified atom stereocenters. The van der Waals surface area contributed by atoms with Crippen molar-refractivity contribution in [1.29, 1.82) is 0 Å². The van der Waals surface area contributed by atoms with E-state index in [0.717, 1.165) is 25.1 Å². The van der Waals surface area contributed by atoms with E-state index in [-0.39, 0.29) is 5.63 Å². The van der Waals surface area contributed by atoms with Crippen molar-refractivity contribution in [3.63, 3.8) is 0 Å². The Morgan fingerprint density at radius 3 is 2.85 bits per heavy atom. The minimum Gasteiger partial charge on any atom is -0.428 e. The van der Waals surface area contributed by atoms with Crippen molar-refractivity contribution < 1.29 is 4.42 Å². The van der Waals surface area contributed by atoms with Crippen LogP contribution in [0.1, 0.15) is 25.5 Å². The highest BCUT2D eigenvalue weighted by Gasteiger charge is 1.96. The van der Waals surface area contributed by atoms with Gasteiger partial charge < -0.3 is 9.73 Å². The Morgan fingerprint density at radius 2 is 2.23 bits per heavy atom. The molecule has 0 radical (unpaired) electrons. The highest BCUT2D eigenvalue weighted by atomic mass is 16.4. The molecule has 1 N–H and O–H groups in total. The van der Waals surface area contributed by atoms with Gasteiger partial charge in [0.1, 0.15) is 5.76 Å². The van der Waals surface area contributed by atoms with Crippen molar-refractivity contribution in [3.05, 3.63) is 28.3 Å². The van der Waals surface area contributed by atoms with E-state index in [1.807, 2.05) is 6.07 Å². The first-order chi connectivity index (χ1) is 6.22. The van der Waals surface area contributed by atoms with E-state index in [2.05, 4.69) is 12.2 Å². The maximum atomic E-state index is 10.9. The standard InChI is InChI=1S/C10H15NO2/c1-3-4-5-11-9-6-8(2)13-10(12)7-9/h6-7,11H,3-5H2,1-2H3. The Balaban J connectivity index is 2.61. The molecular weight excluding hydrogens is 166 g/mol. The first-order valence-electron chi connectivity index (χ1n) is 4.58. The molecule has 1 aromatic heterocycles. The van der Waals surface area contributed by atoms with Gasteiger partial charge in [-0.1, -0.05) is 13.3 Å². The van der Waals surface area contributed by atoms with Crippen molar-refractivity contribution in [1.82, 2.24) is 0 Å². The smallest absolute Gasteiger partial charge is 0.337 e. The van der Waals surface area contributed by atoms with Gasteiger partial charge >= 0.3 is 5.63 Å². The second-order valence-corrected chi connectivity index (χ2v) is 3.06. The molecular formula is C10H15NO2. The number of rotatable bonds is 4. The van der Waals surface area contributed by atoms with Crippen LogP contribution in [0.2, 0.25) is 0 Å². The Labute approximate surface area is 77.8 Å². The van der Waals surface area contributed by atoms with Gasteiger partial charge in [0.05, 0.1) is 0 Å². The fourth-order valence-corrected chi connectivity index (χ4v) is 1.12. The van der Waals surface area contributed by atoms with Gasteiger partial charge in [0.2, 0.25) is 0 Å². The Morgan fingerprint density at radius 1 is 1.46 bits per heavy atom. The zero-order valence-corrected chi connectivity index (χ0v) is 8.09. The molecule has 0 amide bonds. The Hall–Kier alpha value is -1.25. The summed E-state index contributed by atoms with van der Waals surface area (Å²) in [7, 11) is 0. The normalized spacial score (nSPS) is 10.0. The summed E-state index contributed by atoms with van der Waals surface area (Å²) in [5.41, 5.74) is 0.557. The molecule has 1 rings (SSSR count). The molecule has 0 saturated carbocycles. The van der Waals surface area contributed by atoms with Crippen molar-refractivity contribution >= 4 is 5.69 Å². The molecule has 3 heteroatoms. The monoisotopic (exact) mass is 181 g/mol. The highest BCUT2D eigenvalue weighted by Crippen LogP contribution is 2.06. The van der Waals surface area contributed by atoms with E-state index in [0.29, 0.717) is 5.76 Å². The number of aryl methyl sites for hydroxylation is 1. The van der Waals surface area contributed by atoms with Crippen molar-refractivity contribution in [2.24, 2.45) is 0 Å². The van der Waals surface area contributed by atoms with Crippen molar-refractivity contribution in [2.75, 3.05) is 11.9 Å². The molecule has 0 aliphatic carbocycles. The lowest BCUT2D eigenvalue weighted by molar-refractivity contribution is 0.481. The summed E-state index contributed by atoms with van der Waals surface area (Å²) in [5.74, 6) is 0.645. The summed E-state index contributed by atoms with van der Waals surface area (Å²) in [6.45, 7) is 4.80. The Kier molecular flexibility index (Phi) is 3.55. The van der Waals surface area contributed by atoms with Gasteiger partial charge in [-0.25, -0.2) is 4.79 Å². The molecule has 13 heavy (non-hydrogen) atoms. The van der Waals surface area contributed by atoms with Crippen LogP contribution in [0, 0.1) is 6.92 Å². The molecule has 72 valence electrons. The molecule has 0 bridgehead atoms. The summed E-state index contributed by atoms with van der Waals surface area (Å²) < 4.78 is 4.83. The summed E-state index contributed by atoms with van der Waals surface area (Å²) >= 11 is 0. The molecule has 0 fully saturated rings. The SMILES string of the molecule is CCCCNc1cc(C)oc(=O)c1. The third-order valence-electron chi connectivity index (χ3n) is 1.75. The van der Waals surface area contributed by atoms with Gasteiger partial charge in [0.25, 0.3) is 0 Å². The molecule has 3 nitrogen and oxygen atoms in total. The van der Waals surface area contributed by atoms with E-state index >= 15 is 0 Å². The van der Waals surface area contributed by atoms with Gasteiger partial charge in [-0.05, 0) is 19.4 Å². The number of hydrogen-bond donors (Lipinski definition) is 1. The summed E-state index contributed by atoms with van der Waals surface area (Å²) in [6, 6.07) is 3.31. The van der Waals surface area contributed by atoms with Gasteiger partial charge in [-0.15, -0.1) is 0 Å². The lowest BCUT2D eigenvalue weighted by atomic mass is 10.3. The molecule has 0 aromatic carbocycles. The average molecular weight is 181 g/mol. The lowest BCUT2D eigenvalue weighted by Gasteiger charge is -2.04. The van der Waals surface area contributed by atoms with Crippen LogP contribution in [-0.2, 0) is 0 Å². The predicted molar refractivity (Wildman–Crippen MR) is 53.1 cm³/mol. The number of unbranched alkanes of at least 4 members (excludes halogenated alkanes) is 1. The van der Waals surface area contributed by atoms with Crippen LogP contribution in [0.15, 0.2) is 21.3 Å². The second-order valence-electron chi connectivity index (χ2n) is 3.06. The molecule has 1 heterocycles.